The van der Waals surface area contributed by atoms with Crippen LogP contribution in [0.15, 0.2) is 44.9 Å². The maximum atomic E-state index is 12.0. The minimum Gasteiger partial charge on any atom is -0.454 e. The summed E-state index contributed by atoms with van der Waals surface area (Å²) in [5, 5.41) is 0. The lowest BCUT2D eigenvalue weighted by Gasteiger charge is -2.07. The standard InChI is InChI=1S/C16H18BrNO3/c1-4-11(2)14(9-18-3)16(20)21-10-15(19)12-6-5-7-13(17)8-12/h5-9H,4,10H2,1-3H3/b14-11+,18-9?. The van der Waals surface area contributed by atoms with Gasteiger partial charge in [0.2, 0.25) is 0 Å². The van der Waals surface area contributed by atoms with Gasteiger partial charge >= 0.3 is 5.97 Å². The van der Waals surface area contributed by atoms with Crippen LogP contribution in [0.5, 0.6) is 0 Å². The molecule has 4 nitrogen and oxygen atoms in total. The van der Waals surface area contributed by atoms with Crippen molar-refractivity contribution in [3.8, 4) is 0 Å². The molecule has 112 valence electrons. The number of carbonyl (C=O) groups is 2. The van der Waals surface area contributed by atoms with Crippen molar-refractivity contribution < 1.29 is 14.3 Å². The molecular formula is C16H18BrNO3. The summed E-state index contributed by atoms with van der Waals surface area (Å²) in [5.41, 5.74) is 1.78. The molecule has 0 unspecified atom stereocenters. The lowest BCUT2D eigenvalue weighted by molar-refractivity contribution is -0.137. The molecule has 0 radical (unpaired) electrons. The molecule has 0 amide bonds. The van der Waals surface area contributed by atoms with Gasteiger partial charge in [-0.1, -0.05) is 40.6 Å². The van der Waals surface area contributed by atoms with Gasteiger partial charge in [0.05, 0.1) is 5.57 Å². The molecule has 21 heavy (non-hydrogen) atoms. The van der Waals surface area contributed by atoms with Gasteiger partial charge in [0, 0.05) is 23.3 Å². The van der Waals surface area contributed by atoms with Gasteiger partial charge in [0.15, 0.2) is 12.4 Å². The Bertz CT molecular complexity index is 591. The molecule has 1 aromatic carbocycles. The van der Waals surface area contributed by atoms with E-state index in [1.54, 1.807) is 25.2 Å². The number of ether oxygens (including phenoxy) is 1. The Morgan fingerprint density at radius 3 is 2.67 bits per heavy atom. The highest BCUT2D eigenvalue weighted by Crippen LogP contribution is 2.13. The lowest BCUT2D eigenvalue weighted by Crippen LogP contribution is -2.17. The van der Waals surface area contributed by atoms with Crippen LogP contribution in [0.1, 0.15) is 30.6 Å². The zero-order valence-electron chi connectivity index (χ0n) is 12.4. The summed E-state index contributed by atoms with van der Waals surface area (Å²) < 4.78 is 5.89. The van der Waals surface area contributed by atoms with Crippen LogP contribution in [0.3, 0.4) is 0 Å². The Labute approximate surface area is 133 Å². The molecule has 0 aromatic heterocycles. The fourth-order valence-corrected chi connectivity index (χ4v) is 2.01. The van der Waals surface area contributed by atoms with E-state index in [2.05, 4.69) is 20.9 Å². The molecular weight excluding hydrogens is 334 g/mol. The highest BCUT2D eigenvalue weighted by atomic mass is 79.9. The molecule has 0 heterocycles. The van der Waals surface area contributed by atoms with Gasteiger partial charge in [-0.15, -0.1) is 0 Å². The van der Waals surface area contributed by atoms with E-state index in [1.165, 1.54) is 6.21 Å². The number of Topliss-reactive ketones (excluding diaryl/α,β-unsaturated/α-hetero) is 1. The van der Waals surface area contributed by atoms with Crippen molar-refractivity contribution in [3.63, 3.8) is 0 Å². The minimum atomic E-state index is -0.525. The second-order valence-corrected chi connectivity index (χ2v) is 5.36. The Hall–Kier alpha value is -1.75. The molecule has 0 aliphatic heterocycles. The molecule has 0 fully saturated rings. The van der Waals surface area contributed by atoms with E-state index >= 15 is 0 Å². The number of esters is 1. The predicted octanol–water partition coefficient (Wildman–Crippen LogP) is 3.60. The van der Waals surface area contributed by atoms with Crippen LogP contribution in [0.25, 0.3) is 0 Å². The van der Waals surface area contributed by atoms with Crippen LogP contribution in [0.4, 0.5) is 0 Å². The number of allylic oxidation sites excluding steroid dienone is 1. The molecule has 0 N–H and O–H groups in total. The number of halogens is 1. The third kappa shape index (κ3) is 5.27. The van der Waals surface area contributed by atoms with Crippen LogP contribution in [0, 0.1) is 0 Å². The number of hydrogen-bond acceptors (Lipinski definition) is 4. The van der Waals surface area contributed by atoms with Crippen molar-refractivity contribution in [2.24, 2.45) is 4.99 Å². The van der Waals surface area contributed by atoms with Crippen molar-refractivity contribution in [2.45, 2.75) is 20.3 Å². The third-order valence-electron chi connectivity index (χ3n) is 2.95. The molecule has 0 aliphatic carbocycles. The maximum Gasteiger partial charge on any atom is 0.340 e. The van der Waals surface area contributed by atoms with Crippen molar-refractivity contribution >= 4 is 33.9 Å². The van der Waals surface area contributed by atoms with Gasteiger partial charge in [-0.25, -0.2) is 4.79 Å². The summed E-state index contributed by atoms with van der Waals surface area (Å²) in [5.74, 6) is -0.769. The average Bonchev–Trinajstić information content (AvgIpc) is 2.49. The monoisotopic (exact) mass is 351 g/mol. The molecule has 5 heteroatoms. The van der Waals surface area contributed by atoms with E-state index in [0.717, 1.165) is 16.5 Å². The molecule has 0 atom stereocenters. The number of rotatable bonds is 6. The fourth-order valence-electron chi connectivity index (χ4n) is 1.61. The van der Waals surface area contributed by atoms with Crippen LogP contribution >= 0.6 is 15.9 Å². The normalized spacial score (nSPS) is 12.2. The lowest BCUT2D eigenvalue weighted by atomic mass is 10.1. The summed E-state index contributed by atoms with van der Waals surface area (Å²) in [6.45, 7) is 3.50. The van der Waals surface area contributed by atoms with Gasteiger partial charge < -0.3 is 4.74 Å². The van der Waals surface area contributed by atoms with Crippen molar-refractivity contribution in [1.29, 1.82) is 0 Å². The van der Waals surface area contributed by atoms with E-state index < -0.39 is 5.97 Å². The zero-order chi connectivity index (χ0) is 15.8. The zero-order valence-corrected chi connectivity index (χ0v) is 13.9. The number of hydrogen-bond donors (Lipinski definition) is 0. The molecule has 0 bridgehead atoms. The maximum absolute atomic E-state index is 12.0. The number of carbonyl (C=O) groups excluding carboxylic acids is 2. The first-order chi connectivity index (χ1) is 9.99. The average molecular weight is 352 g/mol. The minimum absolute atomic E-state index is 0.244. The van der Waals surface area contributed by atoms with Gasteiger partial charge in [-0.05, 0) is 25.5 Å². The molecule has 0 saturated carbocycles. The second kappa shape index (κ2) is 8.52. The Morgan fingerprint density at radius 2 is 2.10 bits per heavy atom. The van der Waals surface area contributed by atoms with E-state index in [0.29, 0.717) is 11.1 Å². The van der Waals surface area contributed by atoms with E-state index in [-0.39, 0.29) is 12.4 Å². The van der Waals surface area contributed by atoms with Gasteiger partial charge in [-0.3, -0.25) is 9.79 Å². The highest BCUT2D eigenvalue weighted by molar-refractivity contribution is 9.10. The smallest absolute Gasteiger partial charge is 0.340 e. The predicted molar refractivity (Wildman–Crippen MR) is 86.8 cm³/mol. The molecule has 1 aromatic rings. The van der Waals surface area contributed by atoms with E-state index in [4.69, 9.17) is 4.74 Å². The molecule has 0 aliphatic rings. The van der Waals surface area contributed by atoms with E-state index in [9.17, 15) is 9.59 Å². The summed E-state index contributed by atoms with van der Waals surface area (Å²) in [4.78, 5) is 27.8. The van der Waals surface area contributed by atoms with Crippen LogP contribution in [-0.4, -0.2) is 31.6 Å². The van der Waals surface area contributed by atoms with Crippen molar-refractivity contribution in [3.05, 3.63) is 45.4 Å². The fraction of sp³-hybridized carbons (Fsp3) is 0.312. The number of benzene rings is 1. The van der Waals surface area contributed by atoms with E-state index in [1.807, 2.05) is 19.9 Å². The SMILES string of the molecule is CC/C(C)=C(\C=NC)C(=O)OCC(=O)c1cccc(Br)c1. The third-order valence-corrected chi connectivity index (χ3v) is 3.44. The first-order valence-electron chi connectivity index (χ1n) is 6.57. The quantitative estimate of drug-likeness (QED) is 0.340. The van der Waals surface area contributed by atoms with Crippen LogP contribution in [-0.2, 0) is 9.53 Å². The summed E-state index contributed by atoms with van der Waals surface area (Å²) in [7, 11) is 1.59. The Balaban J connectivity index is 2.74. The number of nitrogens with zero attached hydrogens (tertiary/aromatic N) is 1. The summed E-state index contributed by atoms with van der Waals surface area (Å²) >= 11 is 3.30. The topological polar surface area (TPSA) is 55.7 Å². The van der Waals surface area contributed by atoms with Crippen LogP contribution in [0.2, 0.25) is 0 Å². The number of ketones is 1. The molecule has 0 spiro atoms. The number of aliphatic imine (C=N–C) groups is 1. The van der Waals surface area contributed by atoms with Gasteiger partial charge in [-0.2, -0.15) is 0 Å². The van der Waals surface area contributed by atoms with Crippen LogP contribution < -0.4 is 0 Å². The summed E-state index contributed by atoms with van der Waals surface area (Å²) in [6, 6.07) is 6.96. The summed E-state index contributed by atoms with van der Waals surface area (Å²) in [6.07, 6.45) is 2.18. The molecule has 0 saturated heterocycles. The second-order valence-electron chi connectivity index (χ2n) is 4.44. The molecule has 1 rings (SSSR count). The Morgan fingerprint density at radius 1 is 1.38 bits per heavy atom. The van der Waals surface area contributed by atoms with Gasteiger partial charge in [0.1, 0.15) is 0 Å². The Kier molecular flexibility index (Phi) is 7.02. The van der Waals surface area contributed by atoms with Gasteiger partial charge in [0.25, 0.3) is 0 Å². The van der Waals surface area contributed by atoms with Crippen molar-refractivity contribution in [1.82, 2.24) is 0 Å². The largest absolute Gasteiger partial charge is 0.454 e. The van der Waals surface area contributed by atoms with Crippen molar-refractivity contribution in [2.75, 3.05) is 13.7 Å². The highest BCUT2D eigenvalue weighted by Gasteiger charge is 2.14. The first-order valence-corrected chi connectivity index (χ1v) is 7.36. The first kappa shape index (κ1) is 17.3.